The van der Waals surface area contributed by atoms with Gasteiger partial charge in [0.15, 0.2) is 0 Å². The molecule has 0 saturated carbocycles. The summed E-state index contributed by atoms with van der Waals surface area (Å²) < 4.78 is 13.4. The van der Waals surface area contributed by atoms with Crippen molar-refractivity contribution in [3.63, 3.8) is 0 Å². The lowest BCUT2D eigenvalue weighted by molar-refractivity contribution is -0.159. The summed E-state index contributed by atoms with van der Waals surface area (Å²) >= 11 is 0. The van der Waals surface area contributed by atoms with Gasteiger partial charge in [-0.2, -0.15) is 0 Å². The molecule has 0 saturated heterocycles. The SMILES string of the molecule is CC(=O)OC(=O)Cc1cccc(CC(=O)OC(C)=O)c1CC(=O)OC(C)=O. The average molecular weight is 378 g/mol. The molecule has 0 unspecified atom stereocenters. The highest BCUT2D eigenvalue weighted by Crippen LogP contribution is 2.19. The second-order valence-electron chi connectivity index (χ2n) is 5.48. The number of ether oxygens (including phenoxy) is 3. The second-order valence-corrected chi connectivity index (χ2v) is 5.48. The molecule has 9 heteroatoms. The first-order valence-electron chi connectivity index (χ1n) is 7.81. The topological polar surface area (TPSA) is 130 Å². The molecule has 0 spiro atoms. The maximum Gasteiger partial charge on any atom is 0.317 e. The van der Waals surface area contributed by atoms with Gasteiger partial charge in [-0.3, -0.25) is 28.8 Å². The van der Waals surface area contributed by atoms with Crippen LogP contribution in [-0.2, 0) is 62.2 Å². The lowest BCUT2D eigenvalue weighted by Crippen LogP contribution is -2.19. The largest absolute Gasteiger partial charge is 0.393 e. The zero-order valence-corrected chi connectivity index (χ0v) is 15.0. The Kier molecular flexibility index (Phi) is 7.99. The van der Waals surface area contributed by atoms with Crippen molar-refractivity contribution >= 4 is 35.8 Å². The van der Waals surface area contributed by atoms with Gasteiger partial charge < -0.3 is 14.2 Å². The third-order valence-corrected chi connectivity index (χ3v) is 3.13. The van der Waals surface area contributed by atoms with Crippen molar-refractivity contribution < 1.29 is 43.0 Å². The highest BCUT2D eigenvalue weighted by atomic mass is 16.6. The highest BCUT2D eigenvalue weighted by Gasteiger charge is 2.20. The first kappa shape index (κ1) is 21.7. The fourth-order valence-corrected chi connectivity index (χ4v) is 2.29. The van der Waals surface area contributed by atoms with E-state index in [1.54, 1.807) is 0 Å². The van der Waals surface area contributed by atoms with Crippen LogP contribution in [0.2, 0.25) is 0 Å². The lowest BCUT2D eigenvalue weighted by Gasteiger charge is -2.13. The van der Waals surface area contributed by atoms with Crippen LogP contribution in [0.25, 0.3) is 0 Å². The molecule has 0 heterocycles. The zero-order chi connectivity index (χ0) is 20.6. The number of hydrogen-bond donors (Lipinski definition) is 0. The van der Waals surface area contributed by atoms with Crippen LogP contribution in [0.4, 0.5) is 0 Å². The normalized spacial score (nSPS) is 9.89. The summed E-state index contributed by atoms with van der Waals surface area (Å²) in [4.78, 5) is 68.1. The third kappa shape index (κ3) is 8.04. The molecular weight excluding hydrogens is 360 g/mol. The van der Waals surface area contributed by atoms with Gasteiger partial charge in [0.25, 0.3) is 0 Å². The number of carbonyl (C=O) groups is 6. The van der Waals surface area contributed by atoms with Gasteiger partial charge in [0.1, 0.15) is 0 Å². The molecule has 0 N–H and O–H groups in total. The Morgan fingerprint density at radius 2 is 0.963 bits per heavy atom. The number of esters is 6. The second kappa shape index (κ2) is 9.95. The first-order valence-corrected chi connectivity index (χ1v) is 7.81. The van der Waals surface area contributed by atoms with Crippen LogP contribution in [0.1, 0.15) is 37.5 Å². The van der Waals surface area contributed by atoms with E-state index in [4.69, 9.17) is 0 Å². The Labute approximate surface area is 154 Å². The van der Waals surface area contributed by atoms with Gasteiger partial charge in [-0.15, -0.1) is 0 Å². The predicted molar refractivity (Wildman–Crippen MR) is 87.9 cm³/mol. The molecule has 0 aliphatic carbocycles. The summed E-state index contributed by atoms with van der Waals surface area (Å²) in [6.07, 6.45) is -1.11. The zero-order valence-electron chi connectivity index (χ0n) is 15.0. The van der Waals surface area contributed by atoms with Gasteiger partial charge in [0, 0.05) is 20.8 Å². The van der Waals surface area contributed by atoms with Crippen molar-refractivity contribution in [3.8, 4) is 0 Å². The smallest absolute Gasteiger partial charge is 0.317 e. The van der Waals surface area contributed by atoms with E-state index < -0.39 is 42.2 Å². The monoisotopic (exact) mass is 378 g/mol. The number of carbonyl (C=O) groups excluding carboxylic acids is 6. The molecule has 9 nitrogen and oxygen atoms in total. The highest BCUT2D eigenvalue weighted by molar-refractivity contribution is 5.89. The fraction of sp³-hybridized carbons (Fsp3) is 0.333. The summed E-state index contributed by atoms with van der Waals surface area (Å²) in [7, 11) is 0. The number of hydrogen-bond acceptors (Lipinski definition) is 9. The van der Waals surface area contributed by atoms with E-state index in [1.165, 1.54) is 18.2 Å². The molecule has 0 radical (unpaired) electrons. The van der Waals surface area contributed by atoms with Crippen molar-refractivity contribution in [2.75, 3.05) is 0 Å². The average Bonchev–Trinajstić information content (AvgIpc) is 2.47. The molecule has 0 atom stereocenters. The summed E-state index contributed by atoms with van der Waals surface area (Å²) in [5, 5.41) is 0. The minimum absolute atomic E-state index is 0.241. The number of rotatable bonds is 6. The van der Waals surface area contributed by atoms with Crippen molar-refractivity contribution in [2.24, 2.45) is 0 Å². The Morgan fingerprint density at radius 1 is 0.630 bits per heavy atom. The maximum absolute atomic E-state index is 11.9. The molecule has 0 bridgehead atoms. The molecule has 1 aromatic rings. The van der Waals surface area contributed by atoms with E-state index in [2.05, 4.69) is 14.2 Å². The van der Waals surface area contributed by atoms with Crippen molar-refractivity contribution in [2.45, 2.75) is 40.0 Å². The fourth-order valence-electron chi connectivity index (χ4n) is 2.29. The van der Waals surface area contributed by atoms with Crippen molar-refractivity contribution in [1.82, 2.24) is 0 Å². The van der Waals surface area contributed by atoms with E-state index in [1.807, 2.05) is 0 Å². The van der Waals surface area contributed by atoms with Crippen LogP contribution in [0.15, 0.2) is 18.2 Å². The molecule has 1 aromatic carbocycles. The molecule has 0 amide bonds. The molecule has 144 valence electrons. The first-order chi connectivity index (χ1) is 12.6. The molecule has 0 fully saturated rings. The van der Waals surface area contributed by atoms with Gasteiger partial charge in [-0.25, -0.2) is 0 Å². The van der Waals surface area contributed by atoms with Gasteiger partial charge in [-0.05, 0) is 16.7 Å². The van der Waals surface area contributed by atoms with Crippen LogP contribution >= 0.6 is 0 Å². The van der Waals surface area contributed by atoms with Crippen LogP contribution in [0.5, 0.6) is 0 Å². The Balaban J connectivity index is 3.17. The van der Waals surface area contributed by atoms with Crippen LogP contribution in [0.3, 0.4) is 0 Å². The van der Waals surface area contributed by atoms with E-state index >= 15 is 0 Å². The maximum atomic E-state index is 11.9. The number of benzene rings is 1. The summed E-state index contributed by atoms with van der Waals surface area (Å²) in [6, 6.07) is 4.52. The van der Waals surface area contributed by atoms with E-state index in [9.17, 15) is 28.8 Å². The van der Waals surface area contributed by atoms with Gasteiger partial charge in [-0.1, -0.05) is 18.2 Å². The Bertz CT molecular complexity index is 744. The Hall–Kier alpha value is -3.36. The van der Waals surface area contributed by atoms with E-state index in [-0.39, 0.29) is 18.4 Å². The van der Waals surface area contributed by atoms with Crippen LogP contribution in [-0.4, -0.2) is 35.8 Å². The lowest BCUT2D eigenvalue weighted by atomic mass is 9.94. The van der Waals surface area contributed by atoms with Gasteiger partial charge in [0.2, 0.25) is 0 Å². The van der Waals surface area contributed by atoms with Crippen LogP contribution < -0.4 is 0 Å². The van der Waals surface area contributed by atoms with Crippen molar-refractivity contribution in [3.05, 3.63) is 34.9 Å². The molecule has 0 aliphatic heterocycles. The predicted octanol–water partition coefficient (Wildman–Crippen LogP) is 0.583. The standard InChI is InChI=1S/C18H18O9/c1-10(19)25-16(22)7-13-5-4-6-14(8-17(23)26-11(2)20)15(13)9-18(24)27-12(3)21/h4-6H,7-9H2,1-3H3. The third-order valence-electron chi connectivity index (χ3n) is 3.13. The quantitative estimate of drug-likeness (QED) is 0.396. The van der Waals surface area contributed by atoms with Gasteiger partial charge in [0.05, 0.1) is 19.3 Å². The summed E-state index contributed by atoms with van der Waals surface area (Å²) in [5.41, 5.74) is 0.842. The summed E-state index contributed by atoms with van der Waals surface area (Å²) in [5.74, 6) is -5.00. The molecule has 0 aromatic heterocycles. The van der Waals surface area contributed by atoms with E-state index in [0.717, 1.165) is 20.8 Å². The molecule has 0 aliphatic rings. The molecule has 1 rings (SSSR count). The van der Waals surface area contributed by atoms with Gasteiger partial charge >= 0.3 is 35.8 Å². The van der Waals surface area contributed by atoms with Crippen LogP contribution in [0, 0.1) is 0 Å². The minimum Gasteiger partial charge on any atom is -0.393 e. The molecule has 27 heavy (non-hydrogen) atoms. The van der Waals surface area contributed by atoms with E-state index in [0.29, 0.717) is 11.1 Å². The minimum atomic E-state index is -0.893. The summed E-state index contributed by atoms with van der Waals surface area (Å²) in [6.45, 7) is 3.19. The van der Waals surface area contributed by atoms with Crippen molar-refractivity contribution in [1.29, 1.82) is 0 Å². The molecular formula is C18H18O9. The Morgan fingerprint density at radius 3 is 1.30 bits per heavy atom.